The smallest absolute Gasteiger partial charge is 0.230 e. The summed E-state index contributed by atoms with van der Waals surface area (Å²) < 4.78 is 17.9. The maximum absolute atomic E-state index is 13.9. The van der Waals surface area contributed by atoms with Gasteiger partial charge in [0.2, 0.25) is 5.91 Å². The lowest BCUT2D eigenvalue weighted by molar-refractivity contribution is -0.119. The number of anilines is 1. The number of amides is 1. The first-order valence-corrected chi connectivity index (χ1v) is 9.04. The number of rotatable bonds is 6. The third-order valence-corrected chi connectivity index (χ3v) is 4.55. The molecular weight excluding hydrogens is 425 g/mol. The van der Waals surface area contributed by atoms with Gasteiger partial charge in [-0.25, -0.2) is 4.39 Å². The number of nitrogens with zero attached hydrogens (tertiary/aromatic N) is 4. The third kappa shape index (κ3) is 4.50. The summed E-state index contributed by atoms with van der Waals surface area (Å²) in [6, 6.07) is 6.18. The Morgan fingerprint density at radius 1 is 1.38 bits per heavy atom. The highest BCUT2D eigenvalue weighted by molar-refractivity contribution is 9.10. The Morgan fingerprint density at radius 2 is 2.19 bits per heavy atom. The maximum atomic E-state index is 13.9. The Labute approximate surface area is 163 Å². The van der Waals surface area contributed by atoms with Crippen molar-refractivity contribution in [2.45, 2.75) is 20.0 Å². The Kier molecular flexibility index (Phi) is 5.73. The first kappa shape index (κ1) is 18.6. The molecule has 1 atom stereocenters. The number of halogens is 3. The van der Waals surface area contributed by atoms with Crippen LogP contribution in [-0.2, 0) is 17.9 Å². The fourth-order valence-electron chi connectivity index (χ4n) is 2.41. The molecule has 136 valence electrons. The zero-order valence-corrected chi connectivity index (χ0v) is 16.2. The molecule has 3 rings (SSSR count). The van der Waals surface area contributed by atoms with Gasteiger partial charge in [0.15, 0.2) is 5.82 Å². The minimum absolute atomic E-state index is 0.175. The van der Waals surface area contributed by atoms with Gasteiger partial charge in [0.25, 0.3) is 0 Å². The molecule has 0 fully saturated rings. The Hall–Kier alpha value is -2.19. The summed E-state index contributed by atoms with van der Waals surface area (Å²) in [5, 5.41) is 11.5. The molecule has 0 aliphatic heterocycles. The van der Waals surface area contributed by atoms with Crippen molar-refractivity contribution in [1.29, 1.82) is 0 Å². The van der Waals surface area contributed by atoms with Gasteiger partial charge < -0.3 is 5.32 Å². The first-order valence-electron chi connectivity index (χ1n) is 7.87. The molecule has 2 aromatic heterocycles. The normalized spacial score (nSPS) is 12.2. The Morgan fingerprint density at radius 3 is 2.88 bits per heavy atom. The summed E-state index contributed by atoms with van der Waals surface area (Å²) in [7, 11) is 0. The number of nitrogens with one attached hydrogen (secondary N) is 1. The molecule has 0 aliphatic rings. The van der Waals surface area contributed by atoms with Crippen LogP contribution < -0.4 is 5.32 Å². The third-order valence-electron chi connectivity index (χ3n) is 3.78. The zero-order valence-electron chi connectivity index (χ0n) is 13.9. The largest absolute Gasteiger partial charge is 0.309 e. The van der Waals surface area contributed by atoms with Crippen LogP contribution in [0.4, 0.5) is 10.2 Å². The monoisotopic (exact) mass is 439 g/mol. The number of benzene rings is 1. The van der Waals surface area contributed by atoms with E-state index in [1.165, 1.54) is 10.7 Å². The number of carbonyl (C=O) groups excluding carboxylic acids is 1. The molecule has 0 saturated heterocycles. The van der Waals surface area contributed by atoms with Crippen LogP contribution in [0.5, 0.6) is 0 Å². The minimum Gasteiger partial charge on any atom is -0.309 e. The van der Waals surface area contributed by atoms with Crippen molar-refractivity contribution in [3.8, 4) is 0 Å². The molecule has 1 N–H and O–H groups in total. The molecule has 1 amide bonds. The van der Waals surface area contributed by atoms with Crippen molar-refractivity contribution in [1.82, 2.24) is 19.6 Å². The van der Waals surface area contributed by atoms with Crippen LogP contribution in [0.2, 0.25) is 5.02 Å². The van der Waals surface area contributed by atoms with Gasteiger partial charge in [-0.15, -0.1) is 0 Å². The number of hydrogen-bond acceptors (Lipinski definition) is 3. The molecule has 3 aromatic rings. The molecular formula is C17H16BrClFN5O. The van der Waals surface area contributed by atoms with E-state index in [0.717, 1.165) is 4.47 Å². The first-order chi connectivity index (χ1) is 12.4. The Balaban J connectivity index is 1.61. The van der Waals surface area contributed by atoms with Crippen molar-refractivity contribution < 1.29 is 9.18 Å². The van der Waals surface area contributed by atoms with E-state index in [1.54, 1.807) is 48.4 Å². The van der Waals surface area contributed by atoms with Gasteiger partial charge in [0.1, 0.15) is 5.82 Å². The quantitative estimate of drug-likeness (QED) is 0.631. The second kappa shape index (κ2) is 8.01. The van der Waals surface area contributed by atoms with Crippen molar-refractivity contribution in [3.05, 3.63) is 63.7 Å². The maximum Gasteiger partial charge on any atom is 0.230 e. The molecule has 0 radical (unpaired) electrons. The van der Waals surface area contributed by atoms with Crippen molar-refractivity contribution >= 4 is 39.3 Å². The summed E-state index contributed by atoms with van der Waals surface area (Å²) in [6.45, 7) is 2.43. The topological polar surface area (TPSA) is 64.7 Å². The van der Waals surface area contributed by atoms with Crippen LogP contribution in [-0.4, -0.2) is 25.5 Å². The number of aromatic nitrogens is 4. The highest BCUT2D eigenvalue weighted by Gasteiger charge is 2.16. The molecule has 6 nitrogen and oxygen atoms in total. The number of hydrogen-bond donors (Lipinski definition) is 1. The van der Waals surface area contributed by atoms with E-state index in [9.17, 15) is 9.18 Å². The fourth-order valence-corrected chi connectivity index (χ4v) is 2.96. The van der Waals surface area contributed by atoms with Gasteiger partial charge >= 0.3 is 0 Å². The van der Waals surface area contributed by atoms with Crippen LogP contribution >= 0.6 is 27.5 Å². The molecule has 2 heterocycles. The molecule has 9 heteroatoms. The summed E-state index contributed by atoms with van der Waals surface area (Å²) in [5.41, 5.74) is 0.354. The van der Waals surface area contributed by atoms with E-state index >= 15 is 0 Å². The van der Waals surface area contributed by atoms with Gasteiger partial charge in [-0.05, 0) is 28.1 Å². The molecule has 0 aliphatic carbocycles. The van der Waals surface area contributed by atoms with Gasteiger partial charge in [-0.3, -0.25) is 14.2 Å². The van der Waals surface area contributed by atoms with E-state index in [4.69, 9.17) is 11.6 Å². The van der Waals surface area contributed by atoms with Crippen LogP contribution in [0.3, 0.4) is 0 Å². The predicted molar refractivity (Wildman–Crippen MR) is 100 cm³/mol. The highest BCUT2D eigenvalue weighted by atomic mass is 79.9. The average molecular weight is 441 g/mol. The van der Waals surface area contributed by atoms with Crippen molar-refractivity contribution in [2.24, 2.45) is 5.92 Å². The van der Waals surface area contributed by atoms with Crippen molar-refractivity contribution in [3.63, 3.8) is 0 Å². The molecule has 26 heavy (non-hydrogen) atoms. The van der Waals surface area contributed by atoms with Crippen LogP contribution in [0.25, 0.3) is 0 Å². The van der Waals surface area contributed by atoms with E-state index in [1.807, 2.05) is 0 Å². The van der Waals surface area contributed by atoms with Gasteiger partial charge in [-0.1, -0.05) is 24.6 Å². The van der Waals surface area contributed by atoms with E-state index in [-0.39, 0.29) is 18.4 Å². The molecule has 0 spiro atoms. The summed E-state index contributed by atoms with van der Waals surface area (Å²) >= 11 is 9.35. The van der Waals surface area contributed by atoms with Gasteiger partial charge in [0.05, 0.1) is 29.7 Å². The summed E-state index contributed by atoms with van der Waals surface area (Å²) in [6.07, 6.45) is 5.13. The lowest BCUT2D eigenvalue weighted by atomic mass is 10.1. The second-order valence-corrected chi connectivity index (χ2v) is 7.19. The van der Waals surface area contributed by atoms with Gasteiger partial charge in [0, 0.05) is 29.0 Å². The second-order valence-electron chi connectivity index (χ2n) is 5.87. The average Bonchev–Trinajstić information content (AvgIpc) is 3.20. The van der Waals surface area contributed by atoms with E-state index < -0.39 is 5.82 Å². The standard InChI is InChI=1S/C17H16BrClFN5O/c1-11(8-25-9-12(18)7-21-25)17(26)22-16-5-6-24(23-16)10-13-14(19)3-2-4-15(13)20/h2-7,9,11H,8,10H2,1H3,(H,22,23,26). The van der Waals surface area contributed by atoms with Crippen LogP contribution in [0.1, 0.15) is 12.5 Å². The van der Waals surface area contributed by atoms with E-state index in [0.29, 0.717) is 22.9 Å². The van der Waals surface area contributed by atoms with Crippen molar-refractivity contribution in [2.75, 3.05) is 5.32 Å². The fraction of sp³-hybridized carbons (Fsp3) is 0.235. The molecule has 1 aromatic carbocycles. The molecule has 0 bridgehead atoms. The predicted octanol–water partition coefficient (Wildman–Crippen LogP) is 3.96. The summed E-state index contributed by atoms with van der Waals surface area (Å²) in [5.74, 6) is -0.465. The zero-order chi connectivity index (χ0) is 18.7. The summed E-state index contributed by atoms with van der Waals surface area (Å²) in [4.78, 5) is 12.3. The SMILES string of the molecule is CC(Cn1cc(Br)cn1)C(=O)Nc1ccn(Cc2c(F)cccc2Cl)n1. The Bertz CT molecular complexity index is 905. The number of carbonyl (C=O) groups is 1. The van der Waals surface area contributed by atoms with Gasteiger partial charge in [-0.2, -0.15) is 10.2 Å². The highest BCUT2D eigenvalue weighted by Crippen LogP contribution is 2.20. The van der Waals surface area contributed by atoms with E-state index in [2.05, 4.69) is 31.4 Å². The molecule has 1 unspecified atom stereocenters. The minimum atomic E-state index is -0.391. The van der Waals surface area contributed by atoms with Crippen LogP contribution in [0, 0.1) is 11.7 Å². The molecule has 0 saturated carbocycles. The lowest BCUT2D eigenvalue weighted by Crippen LogP contribution is -2.25. The lowest BCUT2D eigenvalue weighted by Gasteiger charge is -2.11. The van der Waals surface area contributed by atoms with Crippen LogP contribution in [0.15, 0.2) is 47.3 Å².